The highest BCUT2D eigenvalue weighted by atomic mass is 19.1. The predicted molar refractivity (Wildman–Crippen MR) is 63.5 cm³/mol. The average Bonchev–Trinajstić information content (AvgIpc) is 2.82. The Morgan fingerprint density at radius 2 is 2.29 bits per heavy atom. The van der Waals surface area contributed by atoms with Gasteiger partial charge in [-0.1, -0.05) is 6.07 Å². The number of hydrogen-bond acceptors (Lipinski definition) is 2. The molecule has 0 bridgehead atoms. The van der Waals surface area contributed by atoms with Crippen molar-refractivity contribution in [2.24, 2.45) is 0 Å². The molecule has 2 aromatic rings. The molecule has 1 aromatic heterocycles. The van der Waals surface area contributed by atoms with Gasteiger partial charge in [-0.05, 0) is 31.0 Å². The zero-order valence-corrected chi connectivity index (χ0v) is 9.77. The molecule has 0 aliphatic heterocycles. The molecule has 0 radical (unpaired) electrons. The fourth-order valence-corrected chi connectivity index (χ4v) is 1.57. The monoisotopic (exact) mass is 234 g/mol. The van der Waals surface area contributed by atoms with Gasteiger partial charge < -0.3 is 9.30 Å². The largest absolute Gasteiger partial charge is 0.490 e. The van der Waals surface area contributed by atoms with Crippen molar-refractivity contribution in [3.05, 3.63) is 48.3 Å². The molecule has 1 heterocycles. The molecular weight excluding hydrogens is 219 g/mol. The lowest BCUT2D eigenvalue weighted by molar-refractivity contribution is 0.287. The number of aromatic nitrogens is 2. The minimum absolute atomic E-state index is 0.307. The van der Waals surface area contributed by atoms with Crippen molar-refractivity contribution in [1.29, 1.82) is 0 Å². The van der Waals surface area contributed by atoms with Crippen LogP contribution in [0.3, 0.4) is 0 Å². The molecule has 0 aliphatic rings. The highest BCUT2D eigenvalue weighted by Gasteiger charge is 2.02. The minimum atomic E-state index is -0.307. The molecule has 4 heteroatoms. The second kappa shape index (κ2) is 5.48. The molecule has 0 saturated heterocycles. The number of nitrogens with zero attached hydrogens (tertiary/aromatic N) is 2. The summed E-state index contributed by atoms with van der Waals surface area (Å²) < 4.78 is 20.7. The number of hydrogen-bond donors (Lipinski definition) is 0. The molecule has 1 aromatic carbocycles. The smallest absolute Gasteiger partial charge is 0.165 e. The van der Waals surface area contributed by atoms with E-state index in [4.69, 9.17) is 4.74 Å². The van der Waals surface area contributed by atoms with E-state index in [-0.39, 0.29) is 5.82 Å². The summed E-state index contributed by atoms with van der Waals surface area (Å²) in [7, 11) is 0. The van der Waals surface area contributed by atoms with Gasteiger partial charge in [0.1, 0.15) is 0 Å². The fraction of sp³-hybridized carbons (Fsp3) is 0.308. The third-order valence-corrected chi connectivity index (χ3v) is 2.46. The number of benzene rings is 1. The van der Waals surface area contributed by atoms with Crippen LogP contribution in [0, 0.1) is 12.7 Å². The van der Waals surface area contributed by atoms with Gasteiger partial charge in [0.05, 0.1) is 12.9 Å². The van der Waals surface area contributed by atoms with Crippen LogP contribution in [0.4, 0.5) is 4.39 Å². The highest BCUT2D eigenvalue weighted by Crippen LogP contribution is 2.18. The molecule has 0 aliphatic carbocycles. The minimum Gasteiger partial charge on any atom is -0.490 e. The number of imidazole rings is 1. The van der Waals surface area contributed by atoms with Crippen molar-refractivity contribution < 1.29 is 9.13 Å². The molecule has 17 heavy (non-hydrogen) atoms. The van der Waals surface area contributed by atoms with Crippen molar-refractivity contribution in [2.75, 3.05) is 6.61 Å². The Kier molecular flexibility index (Phi) is 3.75. The number of ether oxygens (including phenoxy) is 1. The number of halogens is 1. The van der Waals surface area contributed by atoms with E-state index in [1.807, 2.05) is 17.7 Å². The third-order valence-electron chi connectivity index (χ3n) is 2.46. The Bertz CT molecular complexity index is 468. The summed E-state index contributed by atoms with van der Waals surface area (Å²) in [4.78, 5) is 3.95. The van der Waals surface area contributed by atoms with Crippen molar-refractivity contribution in [3.63, 3.8) is 0 Å². The van der Waals surface area contributed by atoms with E-state index in [0.29, 0.717) is 12.4 Å². The van der Waals surface area contributed by atoms with Gasteiger partial charge in [0.2, 0.25) is 0 Å². The molecule has 0 fully saturated rings. The van der Waals surface area contributed by atoms with Gasteiger partial charge in [0.15, 0.2) is 11.6 Å². The van der Waals surface area contributed by atoms with Gasteiger partial charge in [0.25, 0.3) is 0 Å². The third kappa shape index (κ3) is 3.31. The molecule has 3 nitrogen and oxygen atoms in total. The first-order valence-electron chi connectivity index (χ1n) is 5.60. The molecule has 0 saturated carbocycles. The summed E-state index contributed by atoms with van der Waals surface area (Å²) in [6.45, 7) is 3.24. The van der Waals surface area contributed by atoms with Crippen LogP contribution in [-0.2, 0) is 6.54 Å². The van der Waals surface area contributed by atoms with Crippen molar-refractivity contribution in [1.82, 2.24) is 9.55 Å². The van der Waals surface area contributed by atoms with Crippen LogP contribution in [0.15, 0.2) is 36.9 Å². The van der Waals surface area contributed by atoms with Crippen LogP contribution in [0.1, 0.15) is 12.0 Å². The van der Waals surface area contributed by atoms with Crippen LogP contribution in [0.5, 0.6) is 5.75 Å². The topological polar surface area (TPSA) is 27.1 Å². The molecule has 90 valence electrons. The summed E-state index contributed by atoms with van der Waals surface area (Å²) in [5.74, 6) is 0.0221. The fourth-order valence-electron chi connectivity index (χ4n) is 1.57. The summed E-state index contributed by atoms with van der Waals surface area (Å²) >= 11 is 0. The van der Waals surface area contributed by atoms with Gasteiger partial charge in [-0.2, -0.15) is 0 Å². The molecule has 0 amide bonds. The van der Waals surface area contributed by atoms with Gasteiger partial charge in [-0.3, -0.25) is 0 Å². The second-order valence-corrected chi connectivity index (χ2v) is 3.94. The molecule has 0 atom stereocenters. The second-order valence-electron chi connectivity index (χ2n) is 3.94. The maximum absolute atomic E-state index is 13.3. The van der Waals surface area contributed by atoms with Crippen molar-refractivity contribution in [2.45, 2.75) is 19.9 Å². The zero-order chi connectivity index (χ0) is 12.1. The first kappa shape index (κ1) is 11.6. The van der Waals surface area contributed by atoms with Crippen molar-refractivity contribution >= 4 is 0 Å². The first-order valence-corrected chi connectivity index (χ1v) is 5.60. The van der Waals surface area contributed by atoms with Gasteiger partial charge >= 0.3 is 0 Å². The SMILES string of the molecule is Cc1ccc(F)c(OCCCn2ccnc2)c1. The van der Waals surface area contributed by atoms with E-state index in [2.05, 4.69) is 4.98 Å². The summed E-state index contributed by atoms with van der Waals surface area (Å²) in [5.41, 5.74) is 0.996. The summed E-state index contributed by atoms with van der Waals surface area (Å²) in [5, 5.41) is 0. The van der Waals surface area contributed by atoms with E-state index < -0.39 is 0 Å². The summed E-state index contributed by atoms with van der Waals surface area (Å²) in [6, 6.07) is 4.88. The van der Waals surface area contributed by atoms with Gasteiger partial charge in [-0.25, -0.2) is 9.37 Å². The lowest BCUT2D eigenvalue weighted by Gasteiger charge is -2.08. The standard InChI is InChI=1S/C13H15FN2O/c1-11-3-4-12(14)13(9-11)17-8-2-6-16-7-5-15-10-16/h3-5,7,9-10H,2,6,8H2,1H3. The summed E-state index contributed by atoms with van der Waals surface area (Å²) in [6.07, 6.45) is 6.21. The average molecular weight is 234 g/mol. The zero-order valence-electron chi connectivity index (χ0n) is 9.77. The maximum Gasteiger partial charge on any atom is 0.165 e. The molecule has 0 spiro atoms. The maximum atomic E-state index is 13.3. The van der Waals surface area contributed by atoms with Crippen LogP contribution in [0.2, 0.25) is 0 Å². The highest BCUT2D eigenvalue weighted by molar-refractivity contribution is 5.29. The van der Waals surface area contributed by atoms with E-state index in [1.54, 1.807) is 24.7 Å². The Balaban J connectivity index is 1.80. The Labute approximate surface area is 99.9 Å². The lowest BCUT2D eigenvalue weighted by Crippen LogP contribution is -2.04. The van der Waals surface area contributed by atoms with E-state index >= 15 is 0 Å². The van der Waals surface area contributed by atoms with E-state index in [0.717, 1.165) is 18.5 Å². The molecule has 0 N–H and O–H groups in total. The van der Waals surface area contributed by atoms with Crippen LogP contribution < -0.4 is 4.74 Å². The van der Waals surface area contributed by atoms with E-state index in [9.17, 15) is 4.39 Å². The predicted octanol–water partition coefficient (Wildman–Crippen LogP) is 2.80. The van der Waals surface area contributed by atoms with Crippen LogP contribution in [-0.4, -0.2) is 16.2 Å². The molecular formula is C13H15FN2O. The van der Waals surface area contributed by atoms with Gasteiger partial charge in [0, 0.05) is 18.9 Å². The first-order chi connectivity index (χ1) is 8.25. The normalized spacial score (nSPS) is 10.5. The lowest BCUT2D eigenvalue weighted by atomic mass is 10.2. The number of aryl methyl sites for hydroxylation is 2. The van der Waals surface area contributed by atoms with E-state index in [1.165, 1.54) is 6.07 Å². The Hall–Kier alpha value is -1.84. The Morgan fingerprint density at radius 1 is 1.41 bits per heavy atom. The van der Waals surface area contributed by atoms with Crippen molar-refractivity contribution in [3.8, 4) is 5.75 Å². The molecule has 2 rings (SSSR count). The Morgan fingerprint density at radius 3 is 3.06 bits per heavy atom. The van der Waals surface area contributed by atoms with Crippen LogP contribution >= 0.6 is 0 Å². The number of rotatable bonds is 5. The quantitative estimate of drug-likeness (QED) is 0.744. The van der Waals surface area contributed by atoms with Gasteiger partial charge in [-0.15, -0.1) is 0 Å². The molecule has 0 unspecified atom stereocenters. The van der Waals surface area contributed by atoms with Crippen LogP contribution in [0.25, 0.3) is 0 Å².